The summed E-state index contributed by atoms with van der Waals surface area (Å²) in [5.74, 6) is -0.284. The minimum absolute atomic E-state index is 0.0293. The first-order valence-corrected chi connectivity index (χ1v) is 10.6. The Morgan fingerprint density at radius 1 is 1.28 bits per heavy atom. The number of anilines is 2. The van der Waals surface area contributed by atoms with Crippen LogP contribution in [0.4, 0.5) is 15.8 Å². The second kappa shape index (κ2) is 8.77. The first-order valence-electron chi connectivity index (χ1n) is 10.2. The van der Waals surface area contributed by atoms with Crippen molar-refractivity contribution in [3.63, 3.8) is 0 Å². The number of benzene rings is 1. The van der Waals surface area contributed by atoms with E-state index in [1.165, 1.54) is 16.7 Å². The van der Waals surface area contributed by atoms with Crippen LogP contribution < -0.4 is 15.4 Å². The number of pyridine rings is 2. The van der Waals surface area contributed by atoms with Crippen LogP contribution in [0.15, 0.2) is 41.2 Å². The number of piperidine rings is 1. The Morgan fingerprint density at radius 3 is 2.66 bits per heavy atom. The summed E-state index contributed by atoms with van der Waals surface area (Å²) in [5, 5.41) is 10.1. The molecule has 0 amide bonds. The van der Waals surface area contributed by atoms with Crippen molar-refractivity contribution in [1.29, 1.82) is 5.26 Å². The maximum Gasteiger partial charge on any atom is 0.270 e. The lowest BCUT2D eigenvalue weighted by molar-refractivity contribution is 0.0714. The van der Waals surface area contributed by atoms with Gasteiger partial charge in [0, 0.05) is 40.0 Å². The highest BCUT2D eigenvalue weighted by Crippen LogP contribution is 2.32. The Balaban J connectivity index is 1.73. The first-order chi connectivity index (χ1) is 15.3. The molecule has 2 atom stereocenters. The number of hydrogen-bond acceptors (Lipinski definition) is 6. The van der Waals surface area contributed by atoms with Crippen LogP contribution in [0, 0.1) is 17.1 Å². The smallest absolute Gasteiger partial charge is 0.270 e. The van der Waals surface area contributed by atoms with Gasteiger partial charge in [-0.25, -0.2) is 9.37 Å². The maximum atomic E-state index is 13.3. The van der Waals surface area contributed by atoms with E-state index in [1.54, 1.807) is 38.4 Å². The number of hydrogen-bond donors (Lipinski definition) is 0. The zero-order valence-corrected chi connectivity index (χ0v) is 18.8. The van der Waals surface area contributed by atoms with E-state index in [1.807, 2.05) is 11.9 Å². The molecule has 3 heterocycles. The van der Waals surface area contributed by atoms with E-state index in [2.05, 4.69) is 16.0 Å². The predicted octanol–water partition coefficient (Wildman–Crippen LogP) is 3.33. The molecule has 3 aromatic rings. The molecule has 0 spiro atoms. The monoisotopic (exact) mass is 455 g/mol. The Bertz CT molecular complexity index is 1250. The second-order valence-corrected chi connectivity index (χ2v) is 8.25. The molecule has 2 aromatic heterocycles. The molecule has 1 aromatic carbocycles. The van der Waals surface area contributed by atoms with Crippen molar-refractivity contribution in [3.05, 3.63) is 63.3 Å². The van der Waals surface area contributed by atoms with Gasteiger partial charge in [0.1, 0.15) is 28.1 Å². The summed E-state index contributed by atoms with van der Waals surface area (Å²) in [6, 6.07) is 11.8. The third-order valence-corrected chi connectivity index (χ3v) is 6.38. The van der Waals surface area contributed by atoms with E-state index in [4.69, 9.17) is 16.3 Å². The highest BCUT2D eigenvalue weighted by Gasteiger charge is 2.35. The molecule has 1 saturated heterocycles. The normalized spacial score (nSPS) is 18.6. The zero-order valence-electron chi connectivity index (χ0n) is 18.0. The van der Waals surface area contributed by atoms with Gasteiger partial charge in [-0.05, 0) is 42.8 Å². The lowest BCUT2D eigenvalue weighted by Gasteiger charge is -2.43. The van der Waals surface area contributed by atoms with Crippen LogP contribution in [0.2, 0.25) is 5.15 Å². The molecule has 1 fully saturated rings. The van der Waals surface area contributed by atoms with E-state index in [-0.39, 0.29) is 34.2 Å². The largest absolute Gasteiger partial charge is 0.377 e. The van der Waals surface area contributed by atoms with Crippen molar-refractivity contribution in [3.8, 4) is 6.07 Å². The summed E-state index contributed by atoms with van der Waals surface area (Å²) in [5.41, 5.74) is 2.15. The van der Waals surface area contributed by atoms with Gasteiger partial charge in [0.2, 0.25) is 0 Å². The molecule has 166 valence electrons. The average molecular weight is 456 g/mol. The summed E-state index contributed by atoms with van der Waals surface area (Å²) in [6.07, 6.45) is 0.484. The molecule has 0 bridgehead atoms. The molecular weight excluding hydrogens is 433 g/mol. The van der Waals surface area contributed by atoms with E-state index in [0.29, 0.717) is 36.2 Å². The molecule has 0 unspecified atom stereocenters. The molecular formula is C23H23ClFN5O2. The van der Waals surface area contributed by atoms with Crippen molar-refractivity contribution in [2.45, 2.75) is 18.6 Å². The first kappa shape index (κ1) is 22.1. The molecule has 1 aliphatic heterocycles. The molecule has 0 saturated carbocycles. The molecule has 0 aliphatic carbocycles. The topological polar surface area (TPSA) is 74.4 Å². The van der Waals surface area contributed by atoms with Crippen molar-refractivity contribution < 1.29 is 9.13 Å². The third-order valence-electron chi connectivity index (χ3n) is 6.17. The molecule has 1 aliphatic rings. The predicted molar refractivity (Wildman–Crippen MR) is 123 cm³/mol. The van der Waals surface area contributed by atoms with Crippen LogP contribution in [-0.4, -0.2) is 48.9 Å². The highest BCUT2D eigenvalue weighted by atomic mass is 35.5. The minimum Gasteiger partial charge on any atom is -0.377 e. The fourth-order valence-electron chi connectivity index (χ4n) is 4.43. The number of nitriles is 1. The van der Waals surface area contributed by atoms with Crippen molar-refractivity contribution in [1.82, 2.24) is 9.55 Å². The Labute approximate surface area is 190 Å². The van der Waals surface area contributed by atoms with Gasteiger partial charge in [-0.2, -0.15) is 5.26 Å². The summed E-state index contributed by atoms with van der Waals surface area (Å²) >= 11 is 6.16. The van der Waals surface area contributed by atoms with Gasteiger partial charge in [-0.3, -0.25) is 4.79 Å². The molecule has 0 radical (unpaired) electrons. The number of fused-ring (bicyclic) bond motifs is 1. The number of ether oxygens (including phenoxy) is 1. The van der Waals surface area contributed by atoms with Crippen LogP contribution in [0.3, 0.4) is 0 Å². The number of methoxy groups -OCH3 is 1. The fraction of sp³-hybridized carbons (Fsp3) is 0.348. The molecule has 32 heavy (non-hydrogen) atoms. The number of aryl methyl sites for hydroxylation is 1. The van der Waals surface area contributed by atoms with E-state index >= 15 is 0 Å². The van der Waals surface area contributed by atoms with Gasteiger partial charge in [0.25, 0.3) is 5.56 Å². The Morgan fingerprint density at radius 2 is 2.00 bits per heavy atom. The van der Waals surface area contributed by atoms with Gasteiger partial charge in [-0.15, -0.1) is 0 Å². The second-order valence-electron chi connectivity index (χ2n) is 7.86. The van der Waals surface area contributed by atoms with Crippen LogP contribution in [0.1, 0.15) is 12.0 Å². The number of nitrogens with zero attached hydrogens (tertiary/aromatic N) is 5. The quantitative estimate of drug-likeness (QED) is 0.562. The summed E-state index contributed by atoms with van der Waals surface area (Å²) in [4.78, 5) is 21.4. The number of aromatic nitrogens is 2. The van der Waals surface area contributed by atoms with Gasteiger partial charge in [0.05, 0.1) is 23.3 Å². The van der Waals surface area contributed by atoms with Crippen molar-refractivity contribution >= 4 is 34.0 Å². The standard InChI is InChI=1S/C23H23ClFN5O2/c1-28(15-6-4-14(25)5-7-15)17-10-11-30(13-19(17)32-3)22-16(12-26)23(31)29(2)18-8-9-20(24)27-21(18)22/h4-9,17,19H,10-11,13H2,1-3H3/t17-,19-/m1/s1. The van der Waals surface area contributed by atoms with Crippen LogP contribution in [-0.2, 0) is 11.8 Å². The fourth-order valence-corrected chi connectivity index (χ4v) is 4.58. The lowest BCUT2D eigenvalue weighted by atomic mass is 9.98. The summed E-state index contributed by atoms with van der Waals surface area (Å²) in [6.45, 7) is 1.04. The zero-order chi connectivity index (χ0) is 23.0. The lowest BCUT2D eigenvalue weighted by Crippen LogP contribution is -2.54. The van der Waals surface area contributed by atoms with Crippen LogP contribution >= 0.6 is 11.6 Å². The maximum absolute atomic E-state index is 13.3. The SMILES string of the molecule is CO[C@@H]1CN(c2c(C#N)c(=O)n(C)c3ccc(Cl)nc23)CC[C@H]1N(C)c1ccc(F)cc1. The van der Waals surface area contributed by atoms with Gasteiger partial charge < -0.3 is 19.1 Å². The van der Waals surface area contributed by atoms with Gasteiger partial charge in [-0.1, -0.05) is 11.6 Å². The van der Waals surface area contributed by atoms with Crippen molar-refractivity contribution in [2.24, 2.45) is 7.05 Å². The molecule has 9 heteroatoms. The van der Waals surface area contributed by atoms with E-state index in [0.717, 1.165) is 5.69 Å². The number of rotatable bonds is 4. The van der Waals surface area contributed by atoms with Gasteiger partial charge in [0.15, 0.2) is 0 Å². The minimum atomic E-state index is -0.376. The summed E-state index contributed by atoms with van der Waals surface area (Å²) < 4.78 is 20.6. The Hall–Kier alpha value is -3.15. The van der Waals surface area contributed by atoms with Crippen LogP contribution in [0.25, 0.3) is 11.0 Å². The van der Waals surface area contributed by atoms with E-state index in [9.17, 15) is 14.4 Å². The van der Waals surface area contributed by atoms with Gasteiger partial charge >= 0.3 is 0 Å². The molecule has 4 rings (SSSR count). The highest BCUT2D eigenvalue weighted by molar-refractivity contribution is 6.29. The van der Waals surface area contributed by atoms with E-state index < -0.39 is 0 Å². The Kier molecular flexibility index (Phi) is 6.04. The molecule has 0 N–H and O–H groups in total. The third kappa shape index (κ3) is 3.78. The van der Waals surface area contributed by atoms with Crippen LogP contribution in [0.5, 0.6) is 0 Å². The molecule has 7 nitrogen and oxygen atoms in total. The summed E-state index contributed by atoms with van der Waals surface area (Å²) in [7, 11) is 5.21. The number of halogens is 2. The number of likely N-dealkylation sites (N-methyl/N-ethyl adjacent to an activating group) is 1. The van der Waals surface area contributed by atoms with Crippen molar-refractivity contribution in [2.75, 3.05) is 37.0 Å². The average Bonchev–Trinajstić information content (AvgIpc) is 2.80.